The molecule has 0 unspecified atom stereocenters. The summed E-state index contributed by atoms with van der Waals surface area (Å²) in [7, 11) is 0. The molecule has 0 aliphatic carbocycles. The van der Waals surface area contributed by atoms with Crippen molar-refractivity contribution < 1.29 is 4.79 Å². The lowest BCUT2D eigenvalue weighted by Gasteiger charge is -1.99. The Labute approximate surface area is 91.2 Å². The van der Waals surface area contributed by atoms with Crippen LogP contribution < -0.4 is 5.32 Å². The quantitative estimate of drug-likeness (QED) is 0.684. The van der Waals surface area contributed by atoms with Crippen LogP contribution in [-0.2, 0) is 4.79 Å². The fraction of sp³-hybridized carbons (Fsp3) is 0.100. The van der Waals surface area contributed by atoms with E-state index in [0.717, 1.165) is 5.69 Å². The van der Waals surface area contributed by atoms with Gasteiger partial charge in [0.15, 0.2) is 5.78 Å². The molecule has 2 nitrogen and oxygen atoms in total. The highest BCUT2D eigenvalue weighted by Crippen LogP contribution is 2.10. The van der Waals surface area contributed by atoms with Crippen LogP contribution in [0.15, 0.2) is 36.5 Å². The molecule has 0 atom stereocenters. The van der Waals surface area contributed by atoms with Gasteiger partial charge in [0, 0.05) is 15.5 Å². The first kappa shape index (κ1) is 10.2. The van der Waals surface area contributed by atoms with E-state index in [2.05, 4.69) is 27.9 Å². The van der Waals surface area contributed by atoms with E-state index in [1.807, 2.05) is 24.3 Å². The Hall–Kier alpha value is -0.840. The van der Waals surface area contributed by atoms with Crippen molar-refractivity contribution in [1.82, 2.24) is 0 Å². The van der Waals surface area contributed by atoms with E-state index >= 15 is 0 Å². The molecule has 1 aromatic carbocycles. The minimum Gasteiger partial charge on any atom is -0.362 e. The molecular weight excluding hydrogens is 277 g/mol. The molecule has 0 heterocycles. The molecule has 0 fully saturated rings. The third-order valence-electron chi connectivity index (χ3n) is 1.41. The van der Waals surface area contributed by atoms with Gasteiger partial charge in [-0.3, -0.25) is 4.79 Å². The molecule has 13 heavy (non-hydrogen) atoms. The van der Waals surface area contributed by atoms with Crippen molar-refractivity contribution in [2.24, 2.45) is 0 Å². The van der Waals surface area contributed by atoms with Gasteiger partial charge >= 0.3 is 0 Å². The highest BCUT2D eigenvalue weighted by molar-refractivity contribution is 14.1. The lowest BCUT2D eigenvalue weighted by molar-refractivity contribution is -0.112. The second-order valence-corrected chi connectivity index (χ2v) is 3.84. The summed E-state index contributed by atoms with van der Waals surface area (Å²) in [6.45, 7) is 1.52. The number of rotatable bonds is 3. The maximum atomic E-state index is 10.6. The zero-order chi connectivity index (χ0) is 9.68. The topological polar surface area (TPSA) is 29.1 Å². The second kappa shape index (κ2) is 5.01. The highest BCUT2D eigenvalue weighted by Gasteiger charge is 1.88. The molecule has 0 spiro atoms. The molecule has 0 radical (unpaired) electrons. The third kappa shape index (κ3) is 4.07. The molecule has 0 aliphatic heterocycles. The first-order chi connectivity index (χ1) is 6.18. The van der Waals surface area contributed by atoms with Gasteiger partial charge in [0.05, 0.1) is 0 Å². The Kier molecular flexibility index (Phi) is 3.95. The number of ketones is 1. The predicted molar refractivity (Wildman–Crippen MR) is 62.6 cm³/mol. The molecule has 0 saturated carbocycles. The lowest BCUT2D eigenvalue weighted by Crippen LogP contribution is -1.89. The number of hydrogen-bond acceptors (Lipinski definition) is 2. The number of hydrogen-bond donors (Lipinski definition) is 1. The van der Waals surface area contributed by atoms with Crippen LogP contribution in [0.25, 0.3) is 0 Å². The molecular formula is C10H10INO. The van der Waals surface area contributed by atoms with Crippen molar-refractivity contribution in [3.8, 4) is 0 Å². The Morgan fingerprint density at radius 2 is 2.00 bits per heavy atom. The van der Waals surface area contributed by atoms with Gasteiger partial charge in [0.2, 0.25) is 0 Å². The van der Waals surface area contributed by atoms with Gasteiger partial charge in [-0.05, 0) is 59.9 Å². The summed E-state index contributed by atoms with van der Waals surface area (Å²) in [6.07, 6.45) is 3.14. The molecule has 0 aromatic heterocycles. The van der Waals surface area contributed by atoms with Gasteiger partial charge in [-0.15, -0.1) is 0 Å². The maximum absolute atomic E-state index is 10.6. The number of anilines is 1. The number of carbonyl (C=O) groups excluding carboxylic acids is 1. The van der Waals surface area contributed by atoms with Gasteiger partial charge in [0.1, 0.15) is 0 Å². The molecule has 1 rings (SSSR count). The summed E-state index contributed by atoms with van der Waals surface area (Å²) >= 11 is 2.24. The van der Waals surface area contributed by atoms with E-state index in [1.165, 1.54) is 16.6 Å². The zero-order valence-corrected chi connectivity index (χ0v) is 9.41. The van der Waals surface area contributed by atoms with Crippen LogP contribution in [0.4, 0.5) is 5.69 Å². The maximum Gasteiger partial charge on any atom is 0.154 e. The van der Waals surface area contributed by atoms with Crippen molar-refractivity contribution in [2.75, 3.05) is 5.32 Å². The molecule has 1 aromatic rings. The molecule has 3 heteroatoms. The van der Waals surface area contributed by atoms with Crippen molar-refractivity contribution in [1.29, 1.82) is 0 Å². The Balaban J connectivity index is 2.55. The van der Waals surface area contributed by atoms with E-state index < -0.39 is 0 Å². The first-order valence-electron chi connectivity index (χ1n) is 3.88. The molecule has 0 amide bonds. The van der Waals surface area contributed by atoms with Gasteiger partial charge in [-0.25, -0.2) is 0 Å². The summed E-state index contributed by atoms with van der Waals surface area (Å²) < 4.78 is 1.19. The number of benzene rings is 1. The molecule has 0 saturated heterocycles. The van der Waals surface area contributed by atoms with E-state index in [4.69, 9.17) is 0 Å². The zero-order valence-electron chi connectivity index (χ0n) is 7.25. The largest absolute Gasteiger partial charge is 0.362 e. The van der Waals surface area contributed by atoms with Crippen molar-refractivity contribution in [2.45, 2.75) is 6.92 Å². The molecule has 0 bridgehead atoms. The fourth-order valence-corrected chi connectivity index (χ4v) is 1.16. The van der Waals surface area contributed by atoms with Crippen LogP contribution in [0.2, 0.25) is 0 Å². The normalized spacial score (nSPS) is 10.3. The van der Waals surface area contributed by atoms with Gasteiger partial charge in [0.25, 0.3) is 0 Å². The number of allylic oxidation sites excluding steroid dienone is 1. The summed E-state index contributed by atoms with van der Waals surface area (Å²) in [5, 5.41) is 3.00. The molecule has 68 valence electrons. The van der Waals surface area contributed by atoms with Gasteiger partial charge < -0.3 is 5.32 Å². The van der Waals surface area contributed by atoms with Crippen LogP contribution in [0.1, 0.15) is 6.92 Å². The second-order valence-electron chi connectivity index (χ2n) is 2.60. The Morgan fingerprint density at radius 3 is 2.54 bits per heavy atom. The lowest BCUT2D eigenvalue weighted by atomic mass is 10.3. The summed E-state index contributed by atoms with van der Waals surface area (Å²) in [5.74, 6) is 0.0398. The Morgan fingerprint density at radius 1 is 1.38 bits per heavy atom. The van der Waals surface area contributed by atoms with E-state index in [0.29, 0.717) is 0 Å². The SMILES string of the molecule is CC(=O)/C=C/Nc1ccc(I)cc1. The predicted octanol–water partition coefficient (Wildman–Crippen LogP) is 2.81. The average molecular weight is 287 g/mol. The average Bonchev–Trinajstić information content (AvgIpc) is 2.08. The fourth-order valence-electron chi connectivity index (χ4n) is 0.801. The number of carbonyl (C=O) groups is 1. The van der Waals surface area contributed by atoms with Crippen LogP contribution in [0.3, 0.4) is 0 Å². The monoisotopic (exact) mass is 287 g/mol. The van der Waals surface area contributed by atoms with Crippen molar-refractivity contribution in [3.63, 3.8) is 0 Å². The summed E-state index contributed by atoms with van der Waals surface area (Å²) in [6, 6.07) is 7.94. The van der Waals surface area contributed by atoms with Gasteiger partial charge in [-0.1, -0.05) is 0 Å². The first-order valence-corrected chi connectivity index (χ1v) is 4.95. The van der Waals surface area contributed by atoms with Crippen LogP contribution in [0, 0.1) is 3.57 Å². The third-order valence-corrected chi connectivity index (χ3v) is 2.13. The van der Waals surface area contributed by atoms with Crippen molar-refractivity contribution in [3.05, 3.63) is 40.1 Å². The van der Waals surface area contributed by atoms with E-state index in [9.17, 15) is 4.79 Å². The summed E-state index contributed by atoms with van der Waals surface area (Å²) in [4.78, 5) is 10.6. The Bertz CT molecular complexity index is 316. The smallest absolute Gasteiger partial charge is 0.154 e. The highest BCUT2D eigenvalue weighted by atomic mass is 127. The standard InChI is InChI=1S/C10H10INO/c1-8(13)6-7-12-10-4-2-9(11)3-5-10/h2-7,12H,1H3/b7-6+. The minimum absolute atomic E-state index is 0.0398. The van der Waals surface area contributed by atoms with E-state index in [-0.39, 0.29) is 5.78 Å². The van der Waals surface area contributed by atoms with Crippen molar-refractivity contribution >= 4 is 34.1 Å². The minimum atomic E-state index is 0.0398. The molecule has 1 N–H and O–H groups in total. The number of nitrogens with one attached hydrogen (secondary N) is 1. The van der Waals surface area contributed by atoms with E-state index in [1.54, 1.807) is 6.20 Å². The van der Waals surface area contributed by atoms with Crippen LogP contribution in [0.5, 0.6) is 0 Å². The summed E-state index contributed by atoms with van der Waals surface area (Å²) in [5.41, 5.74) is 0.984. The van der Waals surface area contributed by atoms with Gasteiger partial charge in [-0.2, -0.15) is 0 Å². The van der Waals surface area contributed by atoms with Crippen LogP contribution >= 0.6 is 22.6 Å². The molecule has 0 aliphatic rings. The number of halogens is 1. The van der Waals surface area contributed by atoms with Crippen LogP contribution in [-0.4, -0.2) is 5.78 Å².